The summed E-state index contributed by atoms with van der Waals surface area (Å²) in [5.74, 6) is 0.0892. The van der Waals surface area contributed by atoms with E-state index >= 15 is 0 Å². The second-order valence-corrected chi connectivity index (χ2v) is 2.75. The fraction of sp³-hybridized carbons (Fsp3) is 0.250. The van der Waals surface area contributed by atoms with Gasteiger partial charge in [-0.25, -0.2) is 9.97 Å². The average Bonchev–Trinajstić information content (AvgIpc) is 2.60. The van der Waals surface area contributed by atoms with Gasteiger partial charge in [0.05, 0.1) is 0 Å². The van der Waals surface area contributed by atoms with Crippen molar-refractivity contribution in [1.29, 1.82) is 0 Å². The van der Waals surface area contributed by atoms with E-state index in [1.54, 1.807) is 12.2 Å². The van der Waals surface area contributed by atoms with Crippen LogP contribution in [-0.4, -0.2) is 27.3 Å². The second kappa shape index (κ2) is 4.89. The molecule has 0 unspecified atom stereocenters. The Bertz CT molecular complexity index is 396. The lowest BCUT2D eigenvalue weighted by molar-refractivity contribution is -0.389. The molecule has 7 heteroatoms. The number of carbonyl (C=O) groups excluding carboxylic acids is 1. The summed E-state index contributed by atoms with van der Waals surface area (Å²) < 4.78 is 0. The maximum atomic E-state index is 10.5. The van der Waals surface area contributed by atoms with Crippen LogP contribution in [0, 0.1) is 10.1 Å². The first-order valence-electron chi connectivity index (χ1n) is 4.20. The fourth-order valence-electron chi connectivity index (χ4n) is 0.877. The topological polar surface area (TPSA) is 101 Å². The van der Waals surface area contributed by atoms with Crippen molar-refractivity contribution >= 4 is 17.8 Å². The smallest absolute Gasteiger partial charge is 0.340 e. The Kier molecular flexibility index (Phi) is 3.55. The monoisotopic (exact) mass is 210 g/mol. The van der Waals surface area contributed by atoms with Gasteiger partial charge >= 0.3 is 5.82 Å². The summed E-state index contributed by atoms with van der Waals surface area (Å²) in [5.41, 5.74) is 0. The molecule has 0 atom stereocenters. The Morgan fingerprint density at radius 2 is 2.53 bits per heavy atom. The van der Waals surface area contributed by atoms with E-state index < -0.39 is 4.92 Å². The molecule has 0 fully saturated rings. The van der Waals surface area contributed by atoms with Gasteiger partial charge in [-0.15, -0.1) is 0 Å². The van der Waals surface area contributed by atoms with E-state index in [4.69, 9.17) is 0 Å². The number of rotatable bonds is 4. The molecule has 80 valence electrons. The molecule has 1 amide bonds. The number of nitrogens with zero attached hydrogens (tertiary/aromatic N) is 2. The molecule has 7 nitrogen and oxygen atoms in total. The van der Waals surface area contributed by atoms with Crippen molar-refractivity contribution in [1.82, 2.24) is 15.3 Å². The molecule has 0 bridgehead atoms. The molecule has 0 saturated carbocycles. The zero-order valence-electron chi connectivity index (χ0n) is 8.06. The molecule has 1 aromatic heterocycles. The molecule has 0 aliphatic heterocycles. The zero-order valence-corrected chi connectivity index (χ0v) is 8.06. The first-order valence-corrected chi connectivity index (χ1v) is 4.20. The highest BCUT2D eigenvalue weighted by molar-refractivity contribution is 5.73. The van der Waals surface area contributed by atoms with Crippen molar-refractivity contribution in [3.8, 4) is 0 Å². The van der Waals surface area contributed by atoms with E-state index in [1.807, 2.05) is 0 Å². The van der Waals surface area contributed by atoms with Crippen LogP contribution in [0.25, 0.3) is 6.08 Å². The zero-order chi connectivity index (χ0) is 11.3. The Morgan fingerprint density at radius 1 is 1.80 bits per heavy atom. The van der Waals surface area contributed by atoms with Crippen LogP contribution >= 0.6 is 0 Å². The molecule has 0 aliphatic rings. The number of H-pyrrole nitrogens is 1. The Morgan fingerprint density at radius 3 is 3.07 bits per heavy atom. The number of hydrogen-bond donors (Lipinski definition) is 2. The van der Waals surface area contributed by atoms with Gasteiger partial charge < -0.3 is 15.4 Å². The SMILES string of the molecule is CC(=O)NCC=Cc1ncc([N+](=O)[O-])[nH]1. The van der Waals surface area contributed by atoms with Crippen molar-refractivity contribution in [3.05, 3.63) is 28.2 Å². The number of aromatic amines is 1. The van der Waals surface area contributed by atoms with Crippen molar-refractivity contribution < 1.29 is 9.72 Å². The van der Waals surface area contributed by atoms with Crippen molar-refractivity contribution in [2.45, 2.75) is 6.92 Å². The Labute approximate surface area is 85.4 Å². The minimum Gasteiger partial charge on any atom is -0.358 e. The molecule has 0 saturated heterocycles. The minimum atomic E-state index is -0.557. The standard InChI is InChI=1S/C8H10N4O3/c1-6(13)9-4-2-3-7-10-5-8(11-7)12(14)15/h2-3,5H,4H2,1H3,(H,9,13)(H,10,11). The molecule has 2 N–H and O–H groups in total. The molecule has 0 radical (unpaired) electrons. The molecule has 0 spiro atoms. The third-order valence-corrected chi connectivity index (χ3v) is 1.52. The van der Waals surface area contributed by atoms with Crippen LogP contribution in [0.15, 0.2) is 12.3 Å². The third-order valence-electron chi connectivity index (χ3n) is 1.52. The van der Waals surface area contributed by atoms with E-state index in [0.717, 1.165) is 6.20 Å². The highest BCUT2D eigenvalue weighted by Gasteiger charge is 2.06. The molecule has 0 aliphatic carbocycles. The van der Waals surface area contributed by atoms with Crippen LogP contribution in [0.4, 0.5) is 5.82 Å². The van der Waals surface area contributed by atoms with Gasteiger partial charge in [-0.2, -0.15) is 0 Å². The lowest BCUT2D eigenvalue weighted by Gasteiger charge is -1.92. The summed E-state index contributed by atoms with van der Waals surface area (Å²) >= 11 is 0. The van der Waals surface area contributed by atoms with Gasteiger partial charge in [0.15, 0.2) is 0 Å². The minimum absolute atomic E-state index is 0.134. The van der Waals surface area contributed by atoms with E-state index in [2.05, 4.69) is 15.3 Å². The van der Waals surface area contributed by atoms with Crippen molar-refractivity contribution in [3.63, 3.8) is 0 Å². The molecule has 1 rings (SSSR count). The molecule has 1 heterocycles. The van der Waals surface area contributed by atoms with Gasteiger partial charge in [0.25, 0.3) is 0 Å². The van der Waals surface area contributed by atoms with Crippen molar-refractivity contribution in [2.75, 3.05) is 6.54 Å². The van der Waals surface area contributed by atoms with Gasteiger partial charge in [-0.1, -0.05) is 6.08 Å². The summed E-state index contributed by atoms with van der Waals surface area (Å²) in [7, 11) is 0. The van der Waals surface area contributed by atoms with Crippen LogP contribution in [-0.2, 0) is 4.79 Å². The summed E-state index contributed by atoms with van der Waals surface area (Å²) in [6.45, 7) is 1.77. The van der Waals surface area contributed by atoms with Gasteiger partial charge in [0.2, 0.25) is 11.7 Å². The number of nitro groups is 1. The highest BCUT2D eigenvalue weighted by Crippen LogP contribution is 2.06. The molecular weight excluding hydrogens is 200 g/mol. The Balaban J connectivity index is 2.50. The number of hydrogen-bond acceptors (Lipinski definition) is 4. The van der Waals surface area contributed by atoms with E-state index in [1.165, 1.54) is 6.92 Å². The predicted molar refractivity (Wildman–Crippen MR) is 53.0 cm³/mol. The van der Waals surface area contributed by atoms with Crippen LogP contribution in [0.3, 0.4) is 0 Å². The van der Waals surface area contributed by atoms with Crippen LogP contribution < -0.4 is 5.32 Å². The van der Waals surface area contributed by atoms with Crippen LogP contribution in [0.5, 0.6) is 0 Å². The number of imidazole rings is 1. The first-order chi connectivity index (χ1) is 7.09. The lowest BCUT2D eigenvalue weighted by atomic mass is 10.4. The number of nitrogens with one attached hydrogen (secondary N) is 2. The fourth-order valence-corrected chi connectivity index (χ4v) is 0.877. The summed E-state index contributed by atoms with van der Waals surface area (Å²) in [6, 6.07) is 0. The average molecular weight is 210 g/mol. The second-order valence-electron chi connectivity index (χ2n) is 2.75. The molecule has 1 aromatic rings. The van der Waals surface area contributed by atoms with Crippen LogP contribution in [0.2, 0.25) is 0 Å². The maximum Gasteiger partial charge on any atom is 0.340 e. The molecule has 0 aromatic carbocycles. The van der Waals surface area contributed by atoms with Gasteiger partial charge in [-0.05, 0) is 4.92 Å². The summed E-state index contributed by atoms with van der Waals surface area (Å²) in [6.07, 6.45) is 4.34. The quantitative estimate of drug-likeness (QED) is 0.557. The predicted octanol–water partition coefficient (Wildman–Crippen LogP) is 0.467. The van der Waals surface area contributed by atoms with Crippen LogP contribution in [0.1, 0.15) is 12.7 Å². The van der Waals surface area contributed by atoms with E-state index in [9.17, 15) is 14.9 Å². The van der Waals surface area contributed by atoms with E-state index in [-0.39, 0.29) is 11.7 Å². The highest BCUT2D eigenvalue weighted by atomic mass is 16.6. The summed E-state index contributed by atoms with van der Waals surface area (Å²) in [4.78, 5) is 26.5. The normalized spacial score (nSPS) is 10.5. The lowest BCUT2D eigenvalue weighted by Crippen LogP contribution is -2.19. The van der Waals surface area contributed by atoms with Gasteiger partial charge in [0.1, 0.15) is 6.20 Å². The van der Waals surface area contributed by atoms with E-state index in [0.29, 0.717) is 12.4 Å². The van der Waals surface area contributed by atoms with Crippen molar-refractivity contribution in [2.24, 2.45) is 0 Å². The first kappa shape index (κ1) is 10.9. The largest absolute Gasteiger partial charge is 0.358 e. The Hall–Kier alpha value is -2.18. The van der Waals surface area contributed by atoms with Gasteiger partial charge in [-0.3, -0.25) is 4.79 Å². The number of carbonyl (C=O) groups is 1. The third kappa shape index (κ3) is 3.59. The number of aromatic nitrogens is 2. The molecular formula is C8H10N4O3. The number of amides is 1. The molecule has 15 heavy (non-hydrogen) atoms. The van der Waals surface area contributed by atoms with Gasteiger partial charge in [0, 0.05) is 19.5 Å². The summed E-state index contributed by atoms with van der Waals surface area (Å²) in [5, 5.41) is 12.8. The maximum absolute atomic E-state index is 10.5.